The van der Waals surface area contributed by atoms with Crippen molar-refractivity contribution in [2.45, 2.75) is 18.6 Å². The van der Waals surface area contributed by atoms with E-state index in [2.05, 4.69) is 25.8 Å². The van der Waals surface area contributed by atoms with Crippen LogP contribution in [0.5, 0.6) is 0 Å². The fourth-order valence-electron chi connectivity index (χ4n) is 2.93. The van der Waals surface area contributed by atoms with E-state index < -0.39 is 0 Å². The highest BCUT2D eigenvalue weighted by molar-refractivity contribution is 7.99. The molecule has 0 aliphatic rings. The van der Waals surface area contributed by atoms with Crippen molar-refractivity contribution < 1.29 is 14.0 Å². The molecule has 0 atom stereocenters. The van der Waals surface area contributed by atoms with Gasteiger partial charge in [0.2, 0.25) is 11.1 Å². The number of aromatic amines is 1. The van der Waals surface area contributed by atoms with Crippen LogP contribution in [0.3, 0.4) is 0 Å². The number of carbonyl (C=O) groups excluding carboxylic acids is 2. The molecular formula is C23H21N5O3S. The Kier molecular flexibility index (Phi) is 6.66. The van der Waals surface area contributed by atoms with E-state index in [0.717, 1.165) is 11.1 Å². The number of benzene rings is 2. The molecule has 8 nitrogen and oxygen atoms in total. The lowest BCUT2D eigenvalue weighted by molar-refractivity contribution is -0.113. The van der Waals surface area contributed by atoms with Crippen LogP contribution in [-0.2, 0) is 11.3 Å². The molecule has 0 saturated heterocycles. The molecule has 4 rings (SSSR count). The molecule has 2 amide bonds. The summed E-state index contributed by atoms with van der Waals surface area (Å²) in [6.45, 7) is 2.28. The maximum Gasteiger partial charge on any atom is 0.253 e. The van der Waals surface area contributed by atoms with Gasteiger partial charge >= 0.3 is 0 Å². The molecule has 3 N–H and O–H groups in total. The van der Waals surface area contributed by atoms with Crippen LogP contribution in [0.4, 0.5) is 5.69 Å². The molecule has 2 aromatic carbocycles. The smallest absolute Gasteiger partial charge is 0.253 e. The second-order valence-corrected chi connectivity index (χ2v) is 7.92. The van der Waals surface area contributed by atoms with Gasteiger partial charge in [-0.1, -0.05) is 53.7 Å². The van der Waals surface area contributed by atoms with E-state index in [1.165, 1.54) is 11.8 Å². The fourth-order valence-corrected chi connectivity index (χ4v) is 3.53. The number of nitrogens with one attached hydrogen (secondary N) is 3. The van der Waals surface area contributed by atoms with Gasteiger partial charge in [-0.3, -0.25) is 14.7 Å². The average molecular weight is 448 g/mol. The van der Waals surface area contributed by atoms with Gasteiger partial charge in [0.25, 0.3) is 5.91 Å². The number of H-pyrrole nitrogens is 1. The van der Waals surface area contributed by atoms with Crippen LogP contribution in [0.1, 0.15) is 21.7 Å². The summed E-state index contributed by atoms with van der Waals surface area (Å²) in [5.74, 6) is 0.831. The van der Waals surface area contributed by atoms with Crippen LogP contribution in [0.15, 0.2) is 76.5 Å². The monoisotopic (exact) mass is 447 g/mol. The number of rotatable bonds is 8. The van der Waals surface area contributed by atoms with Gasteiger partial charge in [-0.2, -0.15) is 0 Å². The van der Waals surface area contributed by atoms with Crippen molar-refractivity contribution in [1.29, 1.82) is 0 Å². The molecule has 2 heterocycles. The summed E-state index contributed by atoms with van der Waals surface area (Å²) in [6.07, 6.45) is 1.55. The molecule has 0 saturated carbocycles. The van der Waals surface area contributed by atoms with Gasteiger partial charge in [0, 0.05) is 5.56 Å². The van der Waals surface area contributed by atoms with Gasteiger partial charge in [0.15, 0.2) is 5.82 Å². The number of furan rings is 1. The van der Waals surface area contributed by atoms with E-state index in [-0.39, 0.29) is 24.1 Å². The molecule has 0 radical (unpaired) electrons. The van der Waals surface area contributed by atoms with E-state index in [9.17, 15) is 9.59 Å². The molecule has 32 heavy (non-hydrogen) atoms. The van der Waals surface area contributed by atoms with Crippen LogP contribution >= 0.6 is 11.8 Å². The molecule has 0 bridgehead atoms. The quantitative estimate of drug-likeness (QED) is 0.352. The first-order valence-corrected chi connectivity index (χ1v) is 10.9. The second-order valence-electron chi connectivity index (χ2n) is 6.98. The van der Waals surface area contributed by atoms with Crippen molar-refractivity contribution in [2.24, 2.45) is 0 Å². The van der Waals surface area contributed by atoms with E-state index in [0.29, 0.717) is 28.0 Å². The normalized spacial score (nSPS) is 10.7. The lowest BCUT2D eigenvalue weighted by Gasteiger charge is -2.10. The first kappa shape index (κ1) is 21.4. The Morgan fingerprint density at radius 1 is 1.06 bits per heavy atom. The number of aryl methyl sites for hydroxylation is 1. The van der Waals surface area contributed by atoms with Crippen LogP contribution in [0.2, 0.25) is 0 Å². The third-order valence-corrected chi connectivity index (χ3v) is 5.42. The number of para-hydroxylation sites is 1. The van der Waals surface area contributed by atoms with Gasteiger partial charge < -0.3 is 15.1 Å². The summed E-state index contributed by atoms with van der Waals surface area (Å²) < 4.78 is 5.22. The minimum absolute atomic E-state index is 0.105. The third-order valence-electron chi connectivity index (χ3n) is 4.57. The lowest BCUT2D eigenvalue weighted by atomic mass is 10.1. The number of hydrogen-bond acceptors (Lipinski definition) is 6. The van der Waals surface area contributed by atoms with Crippen molar-refractivity contribution in [1.82, 2.24) is 20.5 Å². The first-order valence-electron chi connectivity index (χ1n) is 9.90. The SMILES string of the molecule is Cc1ccc(-c2nc(SCC(=O)Nc3ccccc3C(=O)NCc3ccco3)n[nH]2)cc1. The number of aromatic nitrogens is 3. The largest absolute Gasteiger partial charge is 0.467 e. The topological polar surface area (TPSA) is 113 Å². The summed E-state index contributed by atoms with van der Waals surface area (Å²) in [5.41, 5.74) is 2.89. The fraction of sp³-hybridized carbons (Fsp3) is 0.130. The number of hydrogen-bond donors (Lipinski definition) is 3. The van der Waals surface area contributed by atoms with Crippen LogP contribution in [0.25, 0.3) is 11.4 Å². The van der Waals surface area contributed by atoms with Gasteiger partial charge in [0.1, 0.15) is 5.76 Å². The summed E-state index contributed by atoms with van der Waals surface area (Å²) in [7, 11) is 0. The number of thioether (sulfide) groups is 1. The Hall–Kier alpha value is -3.85. The van der Waals surface area contributed by atoms with Gasteiger partial charge in [-0.15, -0.1) is 5.10 Å². The highest BCUT2D eigenvalue weighted by Crippen LogP contribution is 2.21. The lowest BCUT2D eigenvalue weighted by Crippen LogP contribution is -2.25. The summed E-state index contributed by atoms with van der Waals surface area (Å²) in [5, 5.41) is 13.1. The average Bonchev–Trinajstić information content (AvgIpc) is 3.49. The minimum Gasteiger partial charge on any atom is -0.467 e. The Labute approximate surface area is 188 Å². The van der Waals surface area contributed by atoms with Crippen LogP contribution in [-0.4, -0.2) is 32.7 Å². The maximum absolute atomic E-state index is 12.5. The van der Waals surface area contributed by atoms with Gasteiger partial charge in [0.05, 0.1) is 29.8 Å². The molecule has 162 valence electrons. The predicted octanol–water partition coefficient (Wildman–Crippen LogP) is 4.03. The molecular weight excluding hydrogens is 426 g/mol. The Morgan fingerprint density at radius 2 is 1.88 bits per heavy atom. The van der Waals surface area contributed by atoms with Crippen molar-refractivity contribution >= 4 is 29.3 Å². The van der Waals surface area contributed by atoms with Crippen LogP contribution < -0.4 is 10.6 Å². The molecule has 4 aromatic rings. The van der Waals surface area contributed by atoms with E-state index in [1.807, 2.05) is 31.2 Å². The van der Waals surface area contributed by atoms with Gasteiger partial charge in [-0.25, -0.2) is 4.98 Å². The van der Waals surface area contributed by atoms with Gasteiger partial charge in [-0.05, 0) is 31.2 Å². The summed E-state index contributed by atoms with van der Waals surface area (Å²) in [4.78, 5) is 29.4. The standard InChI is InChI=1S/C23H21N5O3S/c1-15-8-10-16(11-9-15)21-26-23(28-27-21)32-14-20(29)25-19-7-3-2-6-18(19)22(30)24-13-17-5-4-12-31-17/h2-12H,13-14H2,1H3,(H,24,30)(H,25,29)(H,26,27,28). The molecule has 0 fully saturated rings. The third kappa shape index (κ3) is 5.44. The number of amides is 2. The van der Waals surface area contributed by atoms with E-state index in [1.54, 1.807) is 42.7 Å². The summed E-state index contributed by atoms with van der Waals surface area (Å²) >= 11 is 1.21. The zero-order valence-corrected chi connectivity index (χ0v) is 18.1. The molecule has 2 aromatic heterocycles. The highest BCUT2D eigenvalue weighted by Gasteiger charge is 2.14. The number of nitrogens with zero attached hydrogens (tertiary/aromatic N) is 2. The van der Waals surface area contributed by atoms with Crippen LogP contribution in [0, 0.1) is 6.92 Å². The zero-order chi connectivity index (χ0) is 22.3. The molecule has 0 aliphatic heterocycles. The van der Waals surface area contributed by atoms with E-state index in [4.69, 9.17) is 4.42 Å². The Bertz CT molecular complexity index is 1200. The van der Waals surface area contributed by atoms with Crippen molar-refractivity contribution in [3.05, 3.63) is 83.8 Å². The summed E-state index contributed by atoms with van der Waals surface area (Å²) in [6, 6.07) is 18.3. The second kappa shape index (κ2) is 9.97. The Balaban J connectivity index is 1.33. The maximum atomic E-state index is 12.5. The molecule has 9 heteroatoms. The highest BCUT2D eigenvalue weighted by atomic mass is 32.2. The first-order chi connectivity index (χ1) is 15.6. The number of carbonyl (C=O) groups is 2. The predicted molar refractivity (Wildman–Crippen MR) is 122 cm³/mol. The number of anilines is 1. The molecule has 0 spiro atoms. The van der Waals surface area contributed by atoms with Crippen molar-refractivity contribution in [3.8, 4) is 11.4 Å². The van der Waals surface area contributed by atoms with E-state index >= 15 is 0 Å². The van der Waals surface area contributed by atoms with Crippen molar-refractivity contribution in [3.63, 3.8) is 0 Å². The van der Waals surface area contributed by atoms with Crippen molar-refractivity contribution in [2.75, 3.05) is 11.1 Å². The minimum atomic E-state index is -0.304. The molecule has 0 unspecified atom stereocenters. The molecule has 0 aliphatic carbocycles. The Morgan fingerprint density at radius 3 is 2.66 bits per heavy atom. The zero-order valence-electron chi connectivity index (χ0n) is 17.3.